The molecule has 0 spiro atoms. The van der Waals surface area contributed by atoms with Gasteiger partial charge < -0.3 is 35.0 Å². The lowest BCUT2D eigenvalue weighted by Crippen LogP contribution is -2.57. The van der Waals surface area contributed by atoms with Gasteiger partial charge in [0.25, 0.3) is 0 Å². The van der Waals surface area contributed by atoms with E-state index in [1.807, 2.05) is 88.7 Å². The minimum atomic E-state index is -0.879. The van der Waals surface area contributed by atoms with Crippen LogP contribution in [0.1, 0.15) is 84.5 Å². The number of aryl methyl sites for hydroxylation is 1. The van der Waals surface area contributed by atoms with Crippen molar-refractivity contribution in [2.45, 2.75) is 111 Å². The van der Waals surface area contributed by atoms with Crippen molar-refractivity contribution >= 4 is 45.5 Å². The fourth-order valence-electron chi connectivity index (χ4n) is 7.42. The van der Waals surface area contributed by atoms with Crippen molar-refractivity contribution in [1.29, 1.82) is 0 Å². The number of unbranched alkanes of at least 4 members (excludes halogenated alkanes) is 1. The van der Waals surface area contributed by atoms with Gasteiger partial charge in [-0.15, -0.1) is 22.7 Å². The van der Waals surface area contributed by atoms with Crippen molar-refractivity contribution in [3.8, 4) is 27.4 Å². The molecule has 2 aliphatic heterocycles. The first-order chi connectivity index (χ1) is 27.2. The predicted octanol–water partition coefficient (Wildman–Crippen LogP) is 6.77. The molecule has 14 heteroatoms. The average molecular weight is 817 g/mol. The van der Waals surface area contributed by atoms with Crippen LogP contribution in [-0.4, -0.2) is 94.3 Å². The highest BCUT2D eigenvalue weighted by atomic mass is 32.1. The second-order valence-corrected chi connectivity index (χ2v) is 18.1. The number of β-amino-alcohol motifs (C(OH)–C–C–N with tert-alkyl or cyclic N) is 1. The van der Waals surface area contributed by atoms with E-state index >= 15 is 0 Å². The molecule has 4 heterocycles. The van der Waals surface area contributed by atoms with Crippen LogP contribution in [0.3, 0.4) is 0 Å². The van der Waals surface area contributed by atoms with Gasteiger partial charge in [0.1, 0.15) is 17.8 Å². The summed E-state index contributed by atoms with van der Waals surface area (Å²) in [6, 6.07) is 13.8. The summed E-state index contributed by atoms with van der Waals surface area (Å²) in [7, 11) is 0. The van der Waals surface area contributed by atoms with E-state index in [4.69, 9.17) is 14.5 Å². The third kappa shape index (κ3) is 10.8. The van der Waals surface area contributed by atoms with Gasteiger partial charge in [-0.2, -0.15) is 0 Å². The van der Waals surface area contributed by atoms with Gasteiger partial charge in [0, 0.05) is 43.4 Å². The fraction of sp³-hybridized carbons (Fsp3) is 0.512. The standard InChI is InChI=1S/C43H56N6O6S2/c1-26-21-48(22-27(2)55-26)42-46-35(24-56-42)31-15-17-34(18-16-31)54-19-9-8-10-37(51)47-39(43(5,6)7)41(53)49-23-33(50)20-36(49)40(52)45-28(3)30-11-13-32(14-12-30)38-29(4)44-25-57-38/h11-18,24-28,33,36,39,50H,8-10,19-23H2,1-7H3,(H,45,52)(H,47,51)/t26?,27?,28-,33+,36-,39+/m0/s1. The number of hydrogen-bond donors (Lipinski definition) is 3. The minimum Gasteiger partial charge on any atom is -0.494 e. The molecule has 6 atom stereocenters. The molecule has 2 saturated heterocycles. The van der Waals surface area contributed by atoms with Crippen LogP contribution in [0.5, 0.6) is 5.75 Å². The second kappa shape index (κ2) is 18.5. The molecule has 0 aliphatic carbocycles. The van der Waals surface area contributed by atoms with Gasteiger partial charge in [0.15, 0.2) is 5.13 Å². The van der Waals surface area contributed by atoms with Gasteiger partial charge in [-0.3, -0.25) is 14.4 Å². The van der Waals surface area contributed by atoms with E-state index in [2.05, 4.69) is 39.7 Å². The Labute approximate surface area is 344 Å². The number of carbonyl (C=O) groups excluding carboxylic acids is 3. The molecular formula is C43H56N6O6S2. The van der Waals surface area contributed by atoms with Gasteiger partial charge >= 0.3 is 0 Å². The molecule has 4 aromatic rings. The Bertz CT molecular complexity index is 1970. The molecule has 3 N–H and O–H groups in total. The zero-order valence-electron chi connectivity index (χ0n) is 34.0. The van der Waals surface area contributed by atoms with E-state index in [1.165, 1.54) is 4.90 Å². The van der Waals surface area contributed by atoms with Crippen LogP contribution < -0.4 is 20.3 Å². The summed E-state index contributed by atoms with van der Waals surface area (Å²) in [5.41, 5.74) is 6.10. The van der Waals surface area contributed by atoms with E-state index in [0.717, 1.165) is 56.9 Å². The molecular weight excluding hydrogens is 761 g/mol. The lowest BCUT2D eigenvalue weighted by Gasteiger charge is -2.35. The summed E-state index contributed by atoms with van der Waals surface area (Å²) in [6.45, 7) is 15.8. The summed E-state index contributed by atoms with van der Waals surface area (Å²) in [4.78, 5) is 54.9. The summed E-state index contributed by atoms with van der Waals surface area (Å²) in [6.07, 6.45) is 1.08. The first-order valence-corrected chi connectivity index (χ1v) is 21.6. The number of nitrogens with zero attached hydrogens (tertiary/aromatic N) is 4. The van der Waals surface area contributed by atoms with Gasteiger partial charge in [-0.1, -0.05) is 45.0 Å². The number of carbonyl (C=O) groups is 3. The smallest absolute Gasteiger partial charge is 0.246 e. The zero-order valence-corrected chi connectivity index (χ0v) is 35.6. The Morgan fingerprint density at radius 2 is 1.65 bits per heavy atom. The van der Waals surface area contributed by atoms with Crippen molar-refractivity contribution in [3.63, 3.8) is 0 Å². The highest BCUT2D eigenvalue weighted by Gasteiger charge is 2.44. The molecule has 0 saturated carbocycles. The molecule has 2 aliphatic rings. The topological polar surface area (TPSA) is 146 Å². The van der Waals surface area contributed by atoms with Crippen LogP contribution in [0.25, 0.3) is 21.7 Å². The molecule has 2 aromatic heterocycles. The van der Waals surface area contributed by atoms with Crippen LogP contribution in [-0.2, 0) is 19.1 Å². The Morgan fingerprint density at radius 3 is 2.30 bits per heavy atom. The predicted molar refractivity (Wildman–Crippen MR) is 225 cm³/mol. The number of benzene rings is 2. The van der Waals surface area contributed by atoms with Crippen LogP contribution in [0, 0.1) is 12.3 Å². The molecule has 0 bridgehead atoms. The van der Waals surface area contributed by atoms with E-state index in [1.54, 1.807) is 22.7 Å². The number of rotatable bonds is 14. The number of ether oxygens (including phenoxy) is 2. The maximum atomic E-state index is 14.1. The molecule has 2 unspecified atom stereocenters. The lowest BCUT2D eigenvalue weighted by atomic mass is 9.85. The van der Waals surface area contributed by atoms with E-state index in [0.29, 0.717) is 19.4 Å². The van der Waals surface area contributed by atoms with Gasteiger partial charge in [-0.25, -0.2) is 9.97 Å². The fourth-order valence-corrected chi connectivity index (χ4v) is 9.09. The maximum Gasteiger partial charge on any atom is 0.246 e. The molecule has 2 fully saturated rings. The SMILES string of the molecule is Cc1ncsc1-c1ccc([C@H](C)NC(=O)[C@@H]2C[C@@H](O)CN2C(=O)[C@@H](NC(=O)CCCCOc2ccc(-c3csc(N4CC(C)OC(C)C4)n3)cc2)C(C)(C)C)cc1. The summed E-state index contributed by atoms with van der Waals surface area (Å²) >= 11 is 3.23. The Hall–Kier alpha value is -4.37. The number of thiazole rings is 2. The van der Waals surface area contributed by atoms with Crippen molar-refractivity contribution in [3.05, 3.63) is 70.7 Å². The van der Waals surface area contributed by atoms with Crippen LogP contribution in [0.4, 0.5) is 5.13 Å². The van der Waals surface area contributed by atoms with E-state index in [-0.39, 0.29) is 55.4 Å². The number of amides is 3. The molecule has 0 radical (unpaired) electrons. The van der Waals surface area contributed by atoms with Crippen molar-refractivity contribution < 1.29 is 29.0 Å². The molecule has 12 nitrogen and oxygen atoms in total. The number of likely N-dealkylation sites (tertiary alicyclic amines) is 1. The summed E-state index contributed by atoms with van der Waals surface area (Å²) in [5.74, 6) is -0.222. The second-order valence-electron chi connectivity index (χ2n) is 16.4. The van der Waals surface area contributed by atoms with Crippen molar-refractivity contribution in [1.82, 2.24) is 25.5 Å². The minimum absolute atomic E-state index is 0.0207. The molecule has 6 rings (SSSR count). The largest absolute Gasteiger partial charge is 0.494 e. The number of hydrogen-bond acceptors (Lipinski definition) is 11. The van der Waals surface area contributed by atoms with Crippen LogP contribution >= 0.6 is 22.7 Å². The summed E-state index contributed by atoms with van der Waals surface area (Å²) in [5, 5.41) is 19.7. The first-order valence-electron chi connectivity index (χ1n) is 19.8. The van der Waals surface area contributed by atoms with Crippen molar-refractivity contribution in [2.75, 3.05) is 31.1 Å². The number of aromatic nitrogens is 2. The molecule has 2 aromatic carbocycles. The molecule has 57 heavy (non-hydrogen) atoms. The highest BCUT2D eigenvalue weighted by molar-refractivity contribution is 7.14. The zero-order chi connectivity index (χ0) is 40.9. The Kier molecular flexibility index (Phi) is 13.7. The van der Waals surface area contributed by atoms with E-state index in [9.17, 15) is 19.5 Å². The number of morpholine rings is 1. The summed E-state index contributed by atoms with van der Waals surface area (Å²) < 4.78 is 11.8. The third-order valence-corrected chi connectivity index (χ3v) is 12.3. The van der Waals surface area contributed by atoms with E-state index < -0.39 is 23.6 Å². The number of aliphatic hydroxyl groups is 1. The maximum absolute atomic E-state index is 14.1. The molecule has 3 amide bonds. The molecule has 306 valence electrons. The normalized spacial score (nSPS) is 20.9. The van der Waals surface area contributed by atoms with Crippen LogP contribution in [0.15, 0.2) is 59.4 Å². The average Bonchev–Trinajstić information content (AvgIpc) is 3.93. The Balaban J connectivity index is 0.961. The van der Waals surface area contributed by atoms with Gasteiger partial charge in [0.05, 0.1) is 52.7 Å². The van der Waals surface area contributed by atoms with Crippen LogP contribution in [0.2, 0.25) is 0 Å². The Morgan fingerprint density at radius 1 is 0.965 bits per heavy atom. The monoisotopic (exact) mass is 816 g/mol. The third-order valence-electron chi connectivity index (χ3n) is 10.5. The van der Waals surface area contributed by atoms with Gasteiger partial charge in [-0.05, 0) is 81.3 Å². The van der Waals surface area contributed by atoms with Crippen molar-refractivity contribution in [2.24, 2.45) is 5.41 Å². The lowest BCUT2D eigenvalue weighted by molar-refractivity contribution is -0.144. The number of aliphatic hydroxyl groups excluding tert-OH is 1. The number of anilines is 1. The highest BCUT2D eigenvalue weighted by Crippen LogP contribution is 2.32. The number of nitrogens with one attached hydrogen (secondary N) is 2. The van der Waals surface area contributed by atoms with Gasteiger partial charge in [0.2, 0.25) is 17.7 Å². The quantitative estimate of drug-likeness (QED) is 0.117. The first kappa shape index (κ1) is 42.2.